The lowest BCUT2D eigenvalue weighted by molar-refractivity contribution is -0.133. The van der Waals surface area contributed by atoms with E-state index in [4.69, 9.17) is 0 Å². The fourth-order valence-corrected chi connectivity index (χ4v) is 2.55. The minimum absolute atomic E-state index is 0.315. The van der Waals surface area contributed by atoms with E-state index in [2.05, 4.69) is 29.1 Å². The number of piperidine rings is 1. The number of likely N-dealkylation sites (N-methyl/N-ethyl adjacent to an activating group) is 1. The topological polar surface area (TPSA) is 52.2 Å². The first kappa shape index (κ1) is 14.1. The van der Waals surface area contributed by atoms with Gasteiger partial charge in [-0.2, -0.15) is 5.10 Å². The number of carbonyl (C=O) groups excluding carboxylic acids is 1. The first-order chi connectivity index (χ1) is 9.08. The molecule has 0 saturated carbocycles. The molecule has 19 heavy (non-hydrogen) atoms. The Morgan fingerprint density at radius 2 is 2.16 bits per heavy atom. The summed E-state index contributed by atoms with van der Waals surface area (Å²) in [7, 11) is 2.10. The molecule has 1 amide bonds. The van der Waals surface area contributed by atoms with Crippen LogP contribution in [0.5, 0.6) is 0 Å². The van der Waals surface area contributed by atoms with Crippen molar-refractivity contribution >= 4 is 5.91 Å². The van der Waals surface area contributed by atoms with Gasteiger partial charge in [0.25, 0.3) is 0 Å². The number of aryl methyl sites for hydroxylation is 2. The number of likely N-dealkylation sites (tertiary alicyclic amines) is 1. The van der Waals surface area contributed by atoms with Crippen LogP contribution in [0.15, 0.2) is 0 Å². The molecule has 106 valence electrons. The third kappa shape index (κ3) is 3.56. The Balaban J connectivity index is 1.81. The maximum absolute atomic E-state index is 11.7. The average molecular weight is 264 g/mol. The van der Waals surface area contributed by atoms with E-state index in [0.29, 0.717) is 5.91 Å². The molecule has 1 fully saturated rings. The van der Waals surface area contributed by atoms with Crippen molar-refractivity contribution in [1.82, 2.24) is 20.0 Å². The molecule has 1 aliphatic heterocycles. The highest BCUT2D eigenvalue weighted by Gasteiger charge is 2.18. The second kappa shape index (κ2) is 6.19. The quantitative estimate of drug-likeness (QED) is 0.876. The van der Waals surface area contributed by atoms with Crippen molar-refractivity contribution in [3.05, 3.63) is 17.0 Å². The van der Waals surface area contributed by atoms with Crippen molar-refractivity contribution < 1.29 is 4.79 Å². The molecule has 1 aliphatic rings. The van der Waals surface area contributed by atoms with Crippen LogP contribution in [0.2, 0.25) is 0 Å². The zero-order valence-electron chi connectivity index (χ0n) is 12.2. The summed E-state index contributed by atoms with van der Waals surface area (Å²) in [5.41, 5.74) is 3.48. The van der Waals surface area contributed by atoms with Gasteiger partial charge in [-0.3, -0.25) is 9.89 Å². The summed E-state index contributed by atoms with van der Waals surface area (Å²) in [5, 5.41) is 7.23. The second-order valence-corrected chi connectivity index (χ2v) is 5.49. The Morgan fingerprint density at radius 1 is 1.37 bits per heavy atom. The number of hydrogen-bond donors (Lipinski definition) is 1. The molecular weight excluding hydrogens is 240 g/mol. The third-order valence-electron chi connectivity index (χ3n) is 3.88. The fourth-order valence-electron chi connectivity index (χ4n) is 2.55. The molecule has 1 aromatic rings. The van der Waals surface area contributed by atoms with Gasteiger partial charge < -0.3 is 9.80 Å². The summed E-state index contributed by atoms with van der Waals surface area (Å²) >= 11 is 0. The molecule has 5 heteroatoms. The highest BCUT2D eigenvalue weighted by molar-refractivity contribution is 5.76. The molecule has 0 unspecified atom stereocenters. The first-order valence-electron chi connectivity index (χ1n) is 7.04. The summed E-state index contributed by atoms with van der Waals surface area (Å²) < 4.78 is 0. The summed E-state index contributed by atoms with van der Waals surface area (Å²) in [5.74, 6) is 0.315. The molecule has 2 heterocycles. The first-order valence-corrected chi connectivity index (χ1v) is 7.04. The van der Waals surface area contributed by atoms with E-state index in [1.165, 1.54) is 5.56 Å². The molecule has 1 aromatic heterocycles. The van der Waals surface area contributed by atoms with Crippen LogP contribution in [0.25, 0.3) is 0 Å². The van der Waals surface area contributed by atoms with Gasteiger partial charge in [-0.1, -0.05) is 0 Å². The van der Waals surface area contributed by atoms with Gasteiger partial charge in [0.05, 0.1) is 5.69 Å². The van der Waals surface area contributed by atoms with Gasteiger partial charge in [0.15, 0.2) is 0 Å². The molecular formula is C14H24N4O. The number of aromatic amines is 1. The van der Waals surface area contributed by atoms with Crippen molar-refractivity contribution in [2.45, 2.75) is 39.7 Å². The fraction of sp³-hybridized carbons (Fsp3) is 0.714. The van der Waals surface area contributed by atoms with Gasteiger partial charge in [0.2, 0.25) is 5.91 Å². The lowest BCUT2D eigenvalue weighted by atomic mass is 10.1. The number of aromatic nitrogens is 2. The van der Waals surface area contributed by atoms with Gasteiger partial charge in [0, 0.05) is 43.9 Å². The van der Waals surface area contributed by atoms with Crippen molar-refractivity contribution in [3.8, 4) is 0 Å². The van der Waals surface area contributed by atoms with E-state index < -0.39 is 0 Å². The van der Waals surface area contributed by atoms with Crippen LogP contribution in [0.1, 0.15) is 36.2 Å². The summed E-state index contributed by atoms with van der Waals surface area (Å²) in [4.78, 5) is 16.0. The number of H-pyrrole nitrogens is 1. The van der Waals surface area contributed by atoms with E-state index in [9.17, 15) is 4.79 Å². The molecule has 0 aromatic carbocycles. The minimum Gasteiger partial charge on any atom is -0.341 e. The predicted octanol–water partition coefficient (Wildman–Crippen LogP) is 1.47. The van der Waals surface area contributed by atoms with Gasteiger partial charge in [0.1, 0.15) is 0 Å². The van der Waals surface area contributed by atoms with E-state index >= 15 is 0 Å². The van der Waals surface area contributed by atoms with Crippen molar-refractivity contribution in [1.29, 1.82) is 0 Å². The molecule has 2 rings (SSSR count). The monoisotopic (exact) mass is 264 g/mol. The van der Waals surface area contributed by atoms with Crippen LogP contribution < -0.4 is 0 Å². The number of amides is 1. The van der Waals surface area contributed by atoms with Gasteiger partial charge >= 0.3 is 0 Å². The van der Waals surface area contributed by atoms with Crippen LogP contribution in [0, 0.1) is 13.8 Å². The number of nitrogens with zero attached hydrogens (tertiary/aromatic N) is 3. The highest BCUT2D eigenvalue weighted by Crippen LogP contribution is 2.13. The summed E-state index contributed by atoms with van der Waals surface area (Å²) in [6, 6.07) is 0. The Kier molecular flexibility index (Phi) is 4.58. The zero-order valence-corrected chi connectivity index (χ0v) is 12.2. The zero-order chi connectivity index (χ0) is 13.8. The second-order valence-electron chi connectivity index (χ2n) is 5.49. The average Bonchev–Trinajstić information content (AvgIpc) is 2.70. The third-order valence-corrected chi connectivity index (χ3v) is 3.88. The van der Waals surface area contributed by atoms with E-state index in [1.807, 2.05) is 11.8 Å². The molecule has 5 nitrogen and oxygen atoms in total. The largest absolute Gasteiger partial charge is 0.341 e. The van der Waals surface area contributed by atoms with Crippen LogP contribution in [-0.4, -0.2) is 52.6 Å². The normalized spacial score (nSPS) is 16.4. The van der Waals surface area contributed by atoms with Crippen molar-refractivity contribution in [2.24, 2.45) is 0 Å². The smallest absolute Gasteiger partial charge is 0.222 e. The maximum atomic E-state index is 11.7. The van der Waals surface area contributed by atoms with Gasteiger partial charge in [-0.15, -0.1) is 0 Å². The number of rotatable bonds is 5. The summed E-state index contributed by atoms with van der Waals surface area (Å²) in [6.07, 6.45) is 2.93. The molecule has 0 radical (unpaired) electrons. The molecule has 0 bridgehead atoms. The van der Waals surface area contributed by atoms with Gasteiger partial charge in [-0.25, -0.2) is 0 Å². The van der Waals surface area contributed by atoms with Gasteiger partial charge in [-0.05, 0) is 33.7 Å². The number of nitrogens with one attached hydrogen (secondary N) is 1. The van der Waals surface area contributed by atoms with Crippen molar-refractivity contribution in [2.75, 3.05) is 26.7 Å². The Morgan fingerprint density at radius 3 is 2.79 bits per heavy atom. The molecule has 0 aliphatic carbocycles. The Hall–Kier alpha value is -1.36. The van der Waals surface area contributed by atoms with E-state index in [-0.39, 0.29) is 0 Å². The SMILES string of the molecule is Cc1n[nH]c(C)c1CN(C)CCN1CCCCC1=O. The molecule has 1 saturated heterocycles. The van der Waals surface area contributed by atoms with Crippen LogP contribution in [-0.2, 0) is 11.3 Å². The van der Waals surface area contributed by atoms with Crippen LogP contribution in [0.4, 0.5) is 0 Å². The number of carbonyl (C=O) groups is 1. The maximum Gasteiger partial charge on any atom is 0.222 e. The lowest BCUT2D eigenvalue weighted by Gasteiger charge is -2.28. The molecule has 0 spiro atoms. The number of hydrogen-bond acceptors (Lipinski definition) is 3. The summed E-state index contributed by atoms with van der Waals surface area (Å²) in [6.45, 7) is 7.64. The highest BCUT2D eigenvalue weighted by atomic mass is 16.2. The van der Waals surface area contributed by atoms with Crippen molar-refractivity contribution in [3.63, 3.8) is 0 Å². The molecule has 1 N–H and O–H groups in total. The van der Waals surface area contributed by atoms with Crippen LogP contribution >= 0.6 is 0 Å². The molecule has 0 atom stereocenters. The Labute approximate surface area is 115 Å². The minimum atomic E-state index is 0.315. The van der Waals surface area contributed by atoms with E-state index in [1.54, 1.807) is 0 Å². The van der Waals surface area contributed by atoms with Crippen LogP contribution in [0.3, 0.4) is 0 Å². The van der Waals surface area contributed by atoms with E-state index in [0.717, 1.165) is 56.8 Å². The lowest BCUT2D eigenvalue weighted by Crippen LogP contribution is -2.40. The predicted molar refractivity (Wildman–Crippen MR) is 74.8 cm³/mol. The standard InChI is InChI=1S/C14H24N4O/c1-11-13(12(2)16-15-11)10-17(3)8-9-18-7-5-4-6-14(18)19/h4-10H2,1-3H3,(H,15,16). The Bertz CT molecular complexity index is 421.